The summed E-state index contributed by atoms with van der Waals surface area (Å²) in [5.74, 6) is 0.317. The van der Waals surface area contributed by atoms with E-state index >= 15 is 0 Å². The molecule has 0 saturated carbocycles. The minimum Gasteiger partial charge on any atom is -0.384 e. The Kier molecular flexibility index (Phi) is 1.82. The standard InChI is InChI=1S/C6H8N2O2S/c1-11(9,10)5-2-3-6(7)8-4-5/h2-4H,1H3,(H2,7,8). The number of pyridine rings is 1. The number of nitrogen functional groups attached to an aromatic ring is 1. The van der Waals surface area contributed by atoms with Crippen molar-refractivity contribution in [1.29, 1.82) is 0 Å². The van der Waals surface area contributed by atoms with Gasteiger partial charge in [0, 0.05) is 12.5 Å². The highest BCUT2D eigenvalue weighted by molar-refractivity contribution is 7.90. The monoisotopic (exact) mass is 172 g/mol. The van der Waals surface area contributed by atoms with Crippen LogP contribution in [0.2, 0.25) is 0 Å². The molecule has 0 unspecified atom stereocenters. The smallest absolute Gasteiger partial charge is 0.177 e. The van der Waals surface area contributed by atoms with Crippen molar-refractivity contribution >= 4 is 15.7 Å². The Bertz CT molecular complexity index is 341. The van der Waals surface area contributed by atoms with E-state index in [-0.39, 0.29) is 4.90 Å². The molecular weight excluding hydrogens is 164 g/mol. The van der Waals surface area contributed by atoms with Gasteiger partial charge in [-0.2, -0.15) is 0 Å². The number of hydrogen-bond acceptors (Lipinski definition) is 4. The molecule has 4 nitrogen and oxygen atoms in total. The summed E-state index contributed by atoms with van der Waals surface area (Å²) in [6, 6.07) is 2.88. The molecule has 1 heterocycles. The Labute approximate surface area is 65.0 Å². The molecular formula is C6H8N2O2S. The van der Waals surface area contributed by atoms with E-state index in [9.17, 15) is 8.42 Å². The number of sulfone groups is 1. The predicted molar refractivity (Wildman–Crippen MR) is 41.8 cm³/mol. The number of anilines is 1. The summed E-state index contributed by atoms with van der Waals surface area (Å²) in [5, 5.41) is 0. The van der Waals surface area contributed by atoms with Crippen LogP contribution in [0.15, 0.2) is 23.2 Å². The maximum Gasteiger partial charge on any atom is 0.177 e. The lowest BCUT2D eigenvalue weighted by Crippen LogP contribution is -1.98. The molecule has 60 valence electrons. The fourth-order valence-corrected chi connectivity index (χ4v) is 1.17. The van der Waals surface area contributed by atoms with Crippen molar-refractivity contribution in [3.05, 3.63) is 18.3 Å². The van der Waals surface area contributed by atoms with Gasteiger partial charge in [-0.05, 0) is 12.1 Å². The molecule has 0 fully saturated rings. The summed E-state index contributed by atoms with van der Waals surface area (Å²) >= 11 is 0. The molecule has 5 heteroatoms. The van der Waals surface area contributed by atoms with Crippen molar-refractivity contribution in [1.82, 2.24) is 4.98 Å². The van der Waals surface area contributed by atoms with Gasteiger partial charge in [0.15, 0.2) is 9.84 Å². The second-order valence-electron chi connectivity index (χ2n) is 2.19. The summed E-state index contributed by atoms with van der Waals surface area (Å²) in [6.45, 7) is 0. The second-order valence-corrected chi connectivity index (χ2v) is 4.21. The SMILES string of the molecule is CS(=O)(=O)c1ccc(N)nc1. The fraction of sp³-hybridized carbons (Fsp3) is 0.167. The third-order valence-electron chi connectivity index (χ3n) is 1.19. The molecule has 0 aromatic carbocycles. The zero-order chi connectivity index (χ0) is 8.48. The first-order valence-electron chi connectivity index (χ1n) is 2.92. The maximum atomic E-state index is 10.9. The lowest BCUT2D eigenvalue weighted by atomic mass is 10.5. The van der Waals surface area contributed by atoms with Crippen molar-refractivity contribution in [2.75, 3.05) is 12.0 Å². The molecule has 0 aliphatic carbocycles. The molecule has 0 aliphatic rings. The number of nitrogens with zero attached hydrogens (tertiary/aromatic N) is 1. The number of aromatic nitrogens is 1. The Balaban J connectivity index is 3.20. The fourth-order valence-electron chi connectivity index (χ4n) is 0.611. The zero-order valence-corrected chi connectivity index (χ0v) is 6.80. The van der Waals surface area contributed by atoms with E-state index < -0.39 is 9.84 Å². The lowest BCUT2D eigenvalue weighted by molar-refractivity contribution is 0.601. The predicted octanol–water partition coefficient (Wildman–Crippen LogP) is 0.0673. The van der Waals surface area contributed by atoms with Gasteiger partial charge in [-0.1, -0.05) is 0 Å². The van der Waals surface area contributed by atoms with Gasteiger partial charge in [0.25, 0.3) is 0 Å². The van der Waals surface area contributed by atoms with Crippen LogP contribution in [0.4, 0.5) is 5.82 Å². The molecule has 2 N–H and O–H groups in total. The third-order valence-corrected chi connectivity index (χ3v) is 2.29. The largest absolute Gasteiger partial charge is 0.384 e. The van der Waals surface area contributed by atoms with Crippen LogP contribution >= 0.6 is 0 Å². The highest BCUT2D eigenvalue weighted by Gasteiger charge is 2.05. The molecule has 1 rings (SSSR count). The average molecular weight is 172 g/mol. The van der Waals surface area contributed by atoms with E-state index in [1.807, 2.05) is 0 Å². The number of hydrogen-bond donors (Lipinski definition) is 1. The van der Waals surface area contributed by atoms with Crippen molar-refractivity contribution in [3.63, 3.8) is 0 Å². The number of nitrogens with two attached hydrogens (primary N) is 1. The summed E-state index contributed by atoms with van der Waals surface area (Å²) in [5.41, 5.74) is 5.26. The van der Waals surface area contributed by atoms with E-state index in [1.165, 1.54) is 18.3 Å². The molecule has 1 aromatic rings. The van der Waals surface area contributed by atoms with Crippen LogP contribution in [0, 0.1) is 0 Å². The zero-order valence-electron chi connectivity index (χ0n) is 5.98. The van der Waals surface area contributed by atoms with Gasteiger partial charge < -0.3 is 5.73 Å². The van der Waals surface area contributed by atoms with Crippen LogP contribution < -0.4 is 5.73 Å². The molecule has 0 saturated heterocycles. The minimum absolute atomic E-state index is 0.187. The molecule has 0 atom stereocenters. The van der Waals surface area contributed by atoms with Crippen molar-refractivity contribution in [2.45, 2.75) is 4.90 Å². The second kappa shape index (κ2) is 2.50. The molecule has 0 amide bonds. The first-order valence-corrected chi connectivity index (χ1v) is 4.81. The molecule has 0 bridgehead atoms. The van der Waals surface area contributed by atoms with E-state index in [0.717, 1.165) is 6.26 Å². The van der Waals surface area contributed by atoms with E-state index in [4.69, 9.17) is 5.73 Å². The van der Waals surface area contributed by atoms with Crippen LogP contribution in [0.3, 0.4) is 0 Å². The Morgan fingerprint density at radius 3 is 2.45 bits per heavy atom. The van der Waals surface area contributed by atoms with Crippen LogP contribution in [-0.2, 0) is 9.84 Å². The van der Waals surface area contributed by atoms with Gasteiger partial charge in [0.05, 0.1) is 4.90 Å². The first-order chi connectivity index (χ1) is 5.00. The third kappa shape index (κ3) is 1.91. The molecule has 0 spiro atoms. The Morgan fingerprint density at radius 1 is 1.45 bits per heavy atom. The van der Waals surface area contributed by atoms with Crippen molar-refractivity contribution in [3.8, 4) is 0 Å². The highest BCUT2D eigenvalue weighted by atomic mass is 32.2. The van der Waals surface area contributed by atoms with Gasteiger partial charge in [-0.3, -0.25) is 0 Å². The van der Waals surface area contributed by atoms with Gasteiger partial charge in [-0.15, -0.1) is 0 Å². The Morgan fingerprint density at radius 2 is 2.09 bits per heavy atom. The molecule has 1 aromatic heterocycles. The van der Waals surface area contributed by atoms with Crippen LogP contribution in [0.1, 0.15) is 0 Å². The molecule has 11 heavy (non-hydrogen) atoms. The molecule has 0 radical (unpaired) electrons. The lowest BCUT2D eigenvalue weighted by Gasteiger charge is -1.95. The minimum atomic E-state index is -3.14. The van der Waals surface area contributed by atoms with E-state index in [1.54, 1.807) is 0 Å². The van der Waals surface area contributed by atoms with Crippen molar-refractivity contribution < 1.29 is 8.42 Å². The maximum absolute atomic E-state index is 10.9. The summed E-state index contributed by atoms with van der Waals surface area (Å²) in [4.78, 5) is 3.83. The summed E-state index contributed by atoms with van der Waals surface area (Å²) in [6.07, 6.45) is 2.37. The van der Waals surface area contributed by atoms with Crippen LogP contribution in [0.5, 0.6) is 0 Å². The highest BCUT2D eigenvalue weighted by Crippen LogP contribution is 2.07. The topological polar surface area (TPSA) is 73.0 Å². The first kappa shape index (κ1) is 8.00. The van der Waals surface area contributed by atoms with E-state index in [0.29, 0.717) is 5.82 Å². The van der Waals surface area contributed by atoms with E-state index in [2.05, 4.69) is 4.98 Å². The normalized spacial score (nSPS) is 11.4. The molecule has 0 aliphatic heterocycles. The van der Waals surface area contributed by atoms with Gasteiger partial charge in [0.1, 0.15) is 5.82 Å². The average Bonchev–Trinajstić information content (AvgIpc) is 1.86. The summed E-state index contributed by atoms with van der Waals surface area (Å²) in [7, 11) is -3.14. The number of rotatable bonds is 1. The van der Waals surface area contributed by atoms with Crippen molar-refractivity contribution in [2.24, 2.45) is 0 Å². The van der Waals surface area contributed by atoms with Crippen LogP contribution in [0.25, 0.3) is 0 Å². The quantitative estimate of drug-likeness (QED) is 0.650. The van der Waals surface area contributed by atoms with Gasteiger partial charge in [-0.25, -0.2) is 13.4 Å². The van der Waals surface area contributed by atoms with Gasteiger partial charge >= 0.3 is 0 Å². The van der Waals surface area contributed by atoms with Gasteiger partial charge in [0.2, 0.25) is 0 Å². The Hall–Kier alpha value is -1.10. The summed E-state index contributed by atoms with van der Waals surface area (Å²) < 4.78 is 21.7. The van der Waals surface area contributed by atoms with Crippen LogP contribution in [-0.4, -0.2) is 19.7 Å².